The Hall–Kier alpha value is -2.13. The van der Waals surface area contributed by atoms with Crippen LogP contribution >= 0.6 is 0 Å². The van der Waals surface area contributed by atoms with Gasteiger partial charge in [-0.05, 0) is 30.5 Å². The molecule has 3 heteroatoms. The maximum atomic E-state index is 12.4. The van der Waals surface area contributed by atoms with Gasteiger partial charge in [-0.2, -0.15) is 0 Å². The molecule has 1 saturated heterocycles. The number of hydrogen-bond acceptors (Lipinski definition) is 2. The predicted molar refractivity (Wildman–Crippen MR) is 86.1 cm³/mol. The lowest BCUT2D eigenvalue weighted by Gasteiger charge is -2.17. The van der Waals surface area contributed by atoms with E-state index >= 15 is 0 Å². The molecule has 108 valence electrons. The Balaban J connectivity index is 1.85. The van der Waals surface area contributed by atoms with Crippen LogP contribution in [0.4, 0.5) is 5.69 Å². The van der Waals surface area contributed by atoms with Gasteiger partial charge in [0.15, 0.2) is 0 Å². The minimum absolute atomic E-state index is 0.0587. The molecule has 21 heavy (non-hydrogen) atoms. The highest BCUT2D eigenvalue weighted by Crippen LogP contribution is 2.28. The number of amides is 1. The molecule has 0 aliphatic carbocycles. The highest BCUT2D eigenvalue weighted by molar-refractivity contribution is 5.98. The van der Waals surface area contributed by atoms with E-state index in [0.717, 1.165) is 29.8 Å². The fraction of sp³-hybridized carbons (Fsp3) is 0.278. The lowest BCUT2D eigenvalue weighted by molar-refractivity contribution is -0.118. The van der Waals surface area contributed by atoms with Crippen LogP contribution in [0.3, 0.4) is 0 Å². The first kappa shape index (κ1) is 13.8. The third-order valence-electron chi connectivity index (χ3n) is 4.09. The van der Waals surface area contributed by atoms with Crippen molar-refractivity contribution in [3.8, 4) is 11.1 Å². The number of benzene rings is 2. The second kappa shape index (κ2) is 6.10. The normalized spacial score (nSPS) is 21.2. The van der Waals surface area contributed by atoms with Crippen LogP contribution in [0.1, 0.15) is 13.3 Å². The molecule has 1 fully saturated rings. The molecule has 2 aromatic rings. The quantitative estimate of drug-likeness (QED) is 0.906. The molecule has 1 heterocycles. The van der Waals surface area contributed by atoms with Gasteiger partial charge >= 0.3 is 0 Å². The van der Waals surface area contributed by atoms with Gasteiger partial charge in [0.2, 0.25) is 5.91 Å². The molecular formula is C18H20N2O. The first-order valence-electron chi connectivity index (χ1n) is 7.44. The third-order valence-corrected chi connectivity index (χ3v) is 4.09. The van der Waals surface area contributed by atoms with Gasteiger partial charge in [0.1, 0.15) is 0 Å². The summed E-state index contributed by atoms with van der Waals surface area (Å²) < 4.78 is 0. The minimum atomic E-state index is -0.0890. The van der Waals surface area contributed by atoms with Gasteiger partial charge < -0.3 is 10.6 Å². The molecule has 1 aliphatic heterocycles. The zero-order chi connectivity index (χ0) is 14.7. The van der Waals surface area contributed by atoms with Crippen molar-refractivity contribution < 1.29 is 4.79 Å². The molecule has 2 N–H and O–H groups in total. The molecule has 2 unspecified atom stereocenters. The molecule has 3 rings (SSSR count). The maximum Gasteiger partial charge on any atom is 0.241 e. The van der Waals surface area contributed by atoms with Crippen LogP contribution in [-0.4, -0.2) is 18.5 Å². The van der Waals surface area contributed by atoms with E-state index in [1.165, 1.54) is 0 Å². The third kappa shape index (κ3) is 2.98. The zero-order valence-electron chi connectivity index (χ0n) is 12.2. The van der Waals surface area contributed by atoms with Crippen molar-refractivity contribution in [2.75, 3.05) is 11.9 Å². The highest BCUT2D eigenvalue weighted by atomic mass is 16.2. The molecule has 0 saturated carbocycles. The van der Waals surface area contributed by atoms with E-state index in [1.54, 1.807) is 0 Å². The average Bonchev–Trinajstić information content (AvgIpc) is 2.95. The molecule has 3 nitrogen and oxygen atoms in total. The van der Waals surface area contributed by atoms with E-state index in [-0.39, 0.29) is 11.9 Å². The van der Waals surface area contributed by atoms with Crippen LogP contribution in [0.2, 0.25) is 0 Å². The smallest absolute Gasteiger partial charge is 0.241 e. The molecular weight excluding hydrogens is 260 g/mol. The van der Waals surface area contributed by atoms with Crippen LogP contribution in [0, 0.1) is 5.92 Å². The predicted octanol–water partition coefficient (Wildman–Crippen LogP) is 3.29. The molecule has 2 atom stereocenters. The van der Waals surface area contributed by atoms with E-state index < -0.39 is 0 Å². The van der Waals surface area contributed by atoms with Crippen molar-refractivity contribution in [1.29, 1.82) is 0 Å². The van der Waals surface area contributed by atoms with Crippen molar-refractivity contribution in [2.24, 2.45) is 5.92 Å². The van der Waals surface area contributed by atoms with E-state index in [4.69, 9.17) is 0 Å². The van der Waals surface area contributed by atoms with Gasteiger partial charge in [0.05, 0.1) is 6.04 Å². The Labute approximate surface area is 125 Å². The second-order valence-electron chi connectivity index (χ2n) is 5.60. The van der Waals surface area contributed by atoms with Crippen LogP contribution in [0.15, 0.2) is 54.6 Å². The van der Waals surface area contributed by atoms with Gasteiger partial charge in [0.25, 0.3) is 0 Å². The Bertz CT molecular complexity index is 624. The Morgan fingerprint density at radius 2 is 1.81 bits per heavy atom. The number of anilines is 1. The summed E-state index contributed by atoms with van der Waals surface area (Å²) in [6.45, 7) is 3.03. The van der Waals surface area contributed by atoms with Crippen molar-refractivity contribution in [3.63, 3.8) is 0 Å². The molecule has 0 radical (unpaired) electrons. The first-order valence-corrected chi connectivity index (χ1v) is 7.44. The van der Waals surface area contributed by atoms with Crippen LogP contribution in [0.25, 0.3) is 11.1 Å². The summed E-state index contributed by atoms with van der Waals surface area (Å²) in [6, 6.07) is 18.0. The molecule has 1 amide bonds. The Morgan fingerprint density at radius 3 is 2.52 bits per heavy atom. The van der Waals surface area contributed by atoms with Gasteiger partial charge in [-0.15, -0.1) is 0 Å². The molecule has 2 aromatic carbocycles. The fourth-order valence-corrected chi connectivity index (χ4v) is 2.86. The van der Waals surface area contributed by atoms with Gasteiger partial charge in [-0.1, -0.05) is 55.5 Å². The van der Waals surface area contributed by atoms with Gasteiger partial charge in [0, 0.05) is 11.3 Å². The van der Waals surface area contributed by atoms with E-state index in [9.17, 15) is 4.79 Å². The number of para-hydroxylation sites is 1. The summed E-state index contributed by atoms with van der Waals surface area (Å²) in [5.41, 5.74) is 3.03. The Kier molecular flexibility index (Phi) is 4.02. The molecule has 0 spiro atoms. The van der Waals surface area contributed by atoms with Crippen molar-refractivity contribution in [3.05, 3.63) is 54.6 Å². The van der Waals surface area contributed by atoms with Crippen molar-refractivity contribution >= 4 is 11.6 Å². The topological polar surface area (TPSA) is 41.1 Å². The number of hydrogen-bond donors (Lipinski definition) is 2. The van der Waals surface area contributed by atoms with E-state index in [1.807, 2.05) is 42.5 Å². The van der Waals surface area contributed by atoms with Gasteiger partial charge in [-0.3, -0.25) is 4.79 Å². The van der Waals surface area contributed by atoms with Crippen molar-refractivity contribution in [1.82, 2.24) is 5.32 Å². The van der Waals surface area contributed by atoms with Crippen LogP contribution in [0.5, 0.6) is 0 Å². The molecule has 1 aliphatic rings. The summed E-state index contributed by atoms with van der Waals surface area (Å²) in [7, 11) is 0. The fourth-order valence-electron chi connectivity index (χ4n) is 2.86. The maximum absolute atomic E-state index is 12.4. The highest BCUT2D eigenvalue weighted by Gasteiger charge is 2.29. The van der Waals surface area contributed by atoms with E-state index in [0.29, 0.717) is 5.92 Å². The zero-order valence-corrected chi connectivity index (χ0v) is 12.2. The summed E-state index contributed by atoms with van der Waals surface area (Å²) in [5, 5.41) is 6.35. The van der Waals surface area contributed by atoms with Crippen LogP contribution in [-0.2, 0) is 4.79 Å². The number of carbonyl (C=O) groups is 1. The SMILES string of the molecule is CC1CCNC1C(=O)Nc1ccccc1-c1ccccc1. The second-order valence-corrected chi connectivity index (χ2v) is 5.60. The average molecular weight is 280 g/mol. The summed E-state index contributed by atoms with van der Waals surface area (Å²) >= 11 is 0. The Morgan fingerprint density at radius 1 is 1.10 bits per heavy atom. The van der Waals surface area contributed by atoms with Crippen molar-refractivity contribution in [2.45, 2.75) is 19.4 Å². The summed E-state index contributed by atoms with van der Waals surface area (Å²) in [5.74, 6) is 0.442. The number of rotatable bonds is 3. The monoisotopic (exact) mass is 280 g/mol. The molecule has 0 aromatic heterocycles. The number of carbonyl (C=O) groups excluding carboxylic acids is 1. The minimum Gasteiger partial charge on any atom is -0.324 e. The summed E-state index contributed by atoms with van der Waals surface area (Å²) in [6.07, 6.45) is 1.05. The first-order chi connectivity index (χ1) is 10.3. The lowest BCUT2D eigenvalue weighted by Crippen LogP contribution is -2.39. The number of nitrogens with one attached hydrogen (secondary N) is 2. The molecule has 0 bridgehead atoms. The largest absolute Gasteiger partial charge is 0.324 e. The lowest BCUT2D eigenvalue weighted by atomic mass is 10.0. The summed E-state index contributed by atoms with van der Waals surface area (Å²) in [4.78, 5) is 12.4. The standard InChI is InChI=1S/C18H20N2O/c1-13-11-12-19-17(13)18(21)20-16-10-6-5-9-15(16)14-7-3-2-4-8-14/h2-10,13,17,19H,11-12H2,1H3,(H,20,21). The van der Waals surface area contributed by atoms with E-state index in [2.05, 4.69) is 29.7 Å². The van der Waals surface area contributed by atoms with Gasteiger partial charge in [-0.25, -0.2) is 0 Å². The van der Waals surface area contributed by atoms with Crippen LogP contribution < -0.4 is 10.6 Å².